The van der Waals surface area contributed by atoms with Crippen molar-refractivity contribution < 1.29 is 22.7 Å². The molecule has 192 valence electrons. The summed E-state index contributed by atoms with van der Waals surface area (Å²) in [6.07, 6.45) is 2.19. The Labute approximate surface area is 222 Å². The second kappa shape index (κ2) is 13.1. The molecular weight excluding hydrogens is 581 g/mol. The molecule has 0 spiro atoms. The maximum atomic E-state index is 13.7. The molecule has 10 heteroatoms. The number of ether oxygens (including phenoxy) is 1. The van der Waals surface area contributed by atoms with Crippen LogP contribution in [-0.2, 0) is 26.2 Å². The molecule has 2 rings (SSSR count). The van der Waals surface area contributed by atoms with Gasteiger partial charge in [0.25, 0.3) is 0 Å². The van der Waals surface area contributed by atoms with Crippen LogP contribution in [0.15, 0.2) is 48.5 Å². The molecule has 0 aromatic heterocycles. The van der Waals surface area contributed by atoms with Gasteiger partial charge in [-0.1, -0.05) is 26.0 Å². The van der Waals surface area contributed by atoms with E-state index in [-0.39, 0.29) is 18.5 Å². The fourth-order valence-electron chi connectivity index (χ4n) is 3.55. The van der Waals surface area contributed by atoms with E-state index in [1.807, 2.05) is 32.9 Å². The van der Waals surface area contributed by atoms with Crippen molar-refractivity contribution in [2.45, 2.75) is 52.2 Å². The summed E-state index contributed by atoms with van der Waals surface area (Å²) in [5.41, 5.74) is 1.16. The van der Waals surface area contributed by atoms with Gasteiger partial charge in [-0.2, -0.15) is 0 Å². The number of nitrogens with one attached hydrogen (secondary N) is 1. The summed E-state index contributed by atoms with van der Waals surface area (Å²) >= 11 is 2.13. The Morgan fingerprint density at radius 2 is 1.74 bits per heavy atom. The number of sulfonamides is 1. The second-order valence-corrected chi connectivity index (χ2v) is 11.5. The lowest BCUT2D eigenvalue weighted by molar-refractivity contribution is -0.140. The number of amides is 2. The van der Waals surface area contributed by atoms with E-state index in [1.54, 1.807) is 43.5 Å². The molecule has 0 saturated carbocycles. The second-order valence-electron chi connectivity index (χ2n) is 8.36. The van der Waals surface area contributed by atoms with Crippen LogP contribution in [0.4, 0.5) is 5.69 Å². The average molecular weight is 616 g/mol. The van der Waals surface area contributed by atoms with Crippen molar-refractivity contribution in [1.29, 1.82) is 0 Å². The number of anilines is 1. The highest BCUT2D eigenvalue weighted by molar-refractivity contribution is 14.1. The molecular formula is C25H34IN3O5S. The number of methoxy groups -OCH3 is 1. The van der Waals surface area contributed by atoms with Gasteiger partial charge in [0.2, 0.25) is 21.8 Å². The standard InChI is InChI=1S/C25H34IN3O5S/c1-6-18(3)27-25(31)23(7-2)28(16-19-9-8-10-22(15-19)34-4)24(30)17-29(35(5,32)33)21-13-11-20(26)12-14-21/h8-15,18,23H,6-7,16-17H2,1-5H3,(H,27,31). The fraction of sp³-hybridized carbons (Fsp3) is 0.440. The van der Waals surface area contributed by atoms with E-state index in [9.17, 15) is 18.0 Å². The number of hydrogen-bond donors (Lipinski definition) is 1. The molecule has 8 nitrogen and oxygen atoms in total. The van der Waals surface area contributed by atoms with Gasteiger partial charge in [0, 0.05) is 16.2 Å². The van der Waals surface area contributed by atoms with Crippen LogP contribution in [0.2, 0.25) is 0 Å². The van der Waals surface area contributed by atoms with Crippen LogP contribution in [0.3, 0.4) is 0 Å². The minimum atomic E-state index is -3.76. The predicted octanol–water partition coefficient (Wildman–Crippen LogP) is 3.79. The van der Waals surface area contributed by atoms with Crippen LogP contribution in [0, 0.1) is 3.57 Å². The van der Waals surface area contributed by atoms with E-state index in [0.29, 0.717) is 17.9 Å². The third kappa shape index (κ3) is 8.38. The molecule has 35 heavy (non-hydrogen) atoms. The van der Waals surface area contributed by atoms with E-state index < -0.39 is 28.5 Å². The van der Waals surface area contributed by atoms with E-state index in [1.165, 1.54) is 4.90 Å². The highest BCUT2D eigenvalue weighted by Crippen LogP contribution is 2.22. The monoisotopic (exact) mass is 615 g/mol. The largest absolute Gasteiger partial charge is 0.497 e. The van der Waals surface area contributed by atoms with Crippen molar-refractivity contribution in [2.75, 3.05) is 24.2 Å². The molecule has 1 N–H and O–H groups in total. The van der Waals surface area contributed by atoms with Crippen molar-refractivity contribution in [2.24, 2.45) is 0 Å². The molecule has 0 aliphatic carbocycles. The smallest absolute Gasteiger partial charge is 0.244 e. The average Bonchev–Trinajstić information content (AvgIpc) is 2.82. The van der Waals surface area contributed by atoms with Crippen LogP contribution in [0.5, 0.6) is 5.75 Å². The summed E-state index contributed by atoms with van der Waals surface area (Å²) in [5, 5.41) is 2.96. The van der Waals surface area contributed by atoms with Crippen molar-refractivity contribution in [3.63, 3.8) is 0 Å². The van der Waals surface area contributed by atoms with Gasteiger partial charge in [-0.15, -0.1) is 0 Å². The molecule has 0 fully saturated rings. The summed E-state index contributed by atoms with van der Waals surface area (Å²) in [4.78, 5) is 28.3. The van der Waals surface area contributed by atoms with Crippen molar-refractivity contribution in [3.05, 3.63) is 57.7 Å². The van der Waals surface area contributed by atoms with Crippen molar-refractivity contribution in [1.82, 2.24) is 10.2 Å². The SMILES string of the molecule is CCC(C)NC(=O)C(CC)N(Cc1cccc(OC)c1)C(=O)CN(c1ccc(I)cc1)S(C)(=O)=O. The van der Waals surface area contributed by atoms with Crippen LogP contribution in [-0.4, -0.2) is 57.1 Å². The maximum absolute atomic E-state index is 13.7. The Kier molecular flexibility index (Phi) is 10.8. The van der Waals surface area contributed by atoms with Gasteiger partial charge in [0.15, 0.2) is 0 Å². The van der Waals surface area contributed by atoms with Crippen molar-refractivity contribution >= 4 is 50.1 Å². The molecule has 0 aliphatic rings. The molecule has 2 amide bonds. The lowest BCUT2D eigenvalue weighted by Crippen LogP contribution is -2.53. The first-order chi connectivity index (χ1) is 16.5. The van der Waals surface area contributed by atoms with Gasteiger partial charge in [-0.3, -0.25) is 13.9 Å². The summed E-state index contributed by atoms with van der Waals surface area (Å²) in [6.45, 7) is 5.42. The molecule has 2 atom stereocenters. The fourth-order valence-corrected chi connectivity index (χ4v) is 4.76. The quantitative estimate of drug-likeness (QED) is 0.367. The zero-order valence-corrected chi connectivity index (χ0v) is 23.8. The normalized spacial score (nSPS) is 13.0. The topological polar surface area (TPSA) is 96.0 Å². The summed E-state index contributed by atoms with van der Waals surface area (Å²) < 4.78 is 32.6. The Hall–Kier alpha value is -2.34. The number of carbonyl (C=O) groups excluding carboxylic acids is 2. The minimum absolute atomic E-state index is 0.0513. The number of hydrogen-bond acceptors (Lipinski definition) is 5. The number of halogens is 1. The van der Waals surface area contributed by atoms with E-state index in [2.05, 4.69) is 27.9 Å². The zero-order chi connectivity index (χ0) is 26.2. The van der Waals surface area contributed by atoms with Gasteiger partial charge >= 0.3 is 0 Å². The van der Waals surface area contributed by atoms with Gasteiger partial charge < -0.3 is 15.0 Å². The summed E-state index contributed by atoms with van der Waals surface area (Å²) in [7, 11) is -2.20. The molecule has 0 heterocycles. The molecule has 0 bridgehead atoms. The Bertz CT molecular complexity index is 1110. The number of carbonyl (C=O) groups is 2. The molecule has 2 aromatic carbocycles. The van der Waals surface area contributed by atoms with Crippen LogP contribution in [0.1, 0.15) is 39.2 Å². The highest BCUT2D eigenvalue weighted by Gasteiger charge is 2.32. The van der Waals surface area contributed by atoms with Gasteiger partial charge in [-0.25, -0.2) is 8.42 Å². The van der Waals surface area contributed by atoms with Crippen LogP contribution < -0.4 is 14.4 Å². The first-order valence-electron chi connectivity index (χ1n) is 11.5. The molecule has 0 aliphatic heterocycles. The van der Waals surface area contributed by atoms with Crippen LogP contribution >= 0.6 is 22.6 Å². The lowest BCUT2D eigenvalue weighted by Gasteiger charge is -2.33. The summed E-state index contributed by atoms with van der Waals surface area (Å²) in [6, 6.07) is 13.3. The molecule has 0 radical (unpaired) electrons. The van der Waals surface area contributed by atoms with Crippen LogP contribution in [0.25, 0.3) is 0 Å². The third-order valence-electron chi connectivity index (χ3n) is 5.67. The Morgan fingerprint density at radius 3 is 2.29 bits per heavy atom. The number of rotatable bonds is 12. The highest BCUT2D eigenvalue weighted by atomic mass is 127. The number of nitrogens with zero attached hydrogens (tertiary/aromatic N) is 2. The van der Waals surface area contributed by atoms with E-state index >= 15 is 0 Å². The van der Waals surface area contributed by atoms with Crippen molar-refractivity contribution in [3.8, 4) is 5.75 Å². The van der Waals surface area contributed by atoms with Gasteiger partial charge in [0.05, 0.1) is 19.1 Å². The maximum Gasteiger partial charge on any atom is 0.244 e. The van der Waals surface area contributed by atoms with E-state index in [4.69, 9.17) is 4.74 Å². The predicted molar refractivity (Wildman–Crippen MR) is 147 cm³/mol. The molecule has 0 saturated heterocycles. The third-order valence-corrected chi connectivity index (χ3v) is 7.53. The minimum Gasteiger partial charge on any atom is -0.497 e. The first kappa shape index (κ1) is 28.9. The molecule has 2 aromatic rings. The number of benzene rings is 2. The zero-order valence-electron chi connectivity index (χ0n) is 20.8. The first-order valence-corrected chi connectivity index (χ1v) is 14.4. The molecule has 2 unspecified atom stereocenters. The van der Waals surface area contributed by atoms with Gasteiger partial charge in [0.1, 0.15) is 18.3 Å². The Balaban J connectivity index is 2.44. The Morgan fingerprint density at radius 1 is 1.09 bits per heavy atom. The van der Waals surface area contributed by atoms with Gasteiger partial charge in [-0.05, 0) is 84.3 Å². The van der Waals surface area contributed by atoms with E-state index in [0.717, 1.165) is 26.1 Å². The summed E-state index contributed by atoms with van der Waals surface area (Å²) in [5.74, 6) is -0.107. The lowest BCUT2D eigenvalue weighted by atomic mass is 10.1.